The molecular formula is C9H9ClN6OS. The summed E-state index contributed by atoms with van der Waals surface area (Å²) in [5.41, 5.74) is 0.328. The summed E-state index contributed by atoms with van der Waals surface area (Å²) in [6.45, 7) is 0.314. The van der Waals surface area contributed by atoms with Crippen molar-refractivity contribution in [1.29, 1.82) is 5.26 Å². The average molecular weight is 285 g/mol. The SMILES string of the molecule is CN(C)c1noc(CNc2snc(Cl)c2C#N)n1. The molecular weight excluding hydrogens is 276 g/mol. The normalized spacial score (nSPS) is 10.1. The van der Waals surface area contributed by atoms with Crippen LogP contribution in [0.3, 0.4) is 0 Å². The first-order valence-electron chi connectivity index (χ1n) is 4.91. The Morgan fingerprint density at radius 2 is 2.33 bits per heavy atom. The molecule has 2 heterocycles. The standard InChI is InChI=1S/C9H9ClN6OS/c1-16(2)9-13-6(17-14-9)4-12-8-5(3-11)7(10)15-18-8/h12H,4H2,1-2H3. The molecule has 0 saturated heterocycles. The fourth-order valence-electron chi connectivity index (χ4n) is 1.14. The Balaban J connectivity index is 2.05. The third kappa shape index (κ3) is 2.52. The number of anilines is 2. The molecule has 0 unspecified atom stereocenters. The zero-order chi connectivity index (χ0) is 13.1. The molecule has 0 spiro atoms. The smallest absolute Gasteiger partial charge is 0.265 e. The molecule has 0 saturated carbocycles. The van der Waals surface area contributed by atoms with Crippen LogP contribution in [0.2, 0.25) is 5.15 Å². The molecule has 2 aromatic rings. The zero-order valence-electron chi connectivity index (χ0n) is 9.64. The van der Waals surface area contributed by atoms with Crippen LogP contribution in [0, 0.1) is 11.3 Å². The van der Waals surface area contributed by atoms with Crippen molar-refractivity contribution in [1.82, 2.24) is 14.5 Å². The minimum Gasteiger partial charge on any atom is -0.365 e. The fourth-order valence-corrected chi connectivity index (χ4v) is 2.07. The van der Waals surface area contributed by atoms with Gasteiger partial charge in [0.25, 0.3) is 5.95 Å². The minimum absolute atomic E-state index is 0.199. The second kappa shape index (κ2) is 5.20. The summed E-state index contributed by atoms with van der Waals surface area (Å²) in [5, 5.41) is 16.4. The molecule has 0 fully saturated rings. The quantitative estimate of drug-likeness (QED) is 0.914. The molecule has 9 heteroatoms. The van der Waals surface area contributed by atoms with Gasteiger partial charge in [0.2, 0.25) is 5.89 Å². The first-order valence-corrected chi connectivity index (χ1v) is 6.06. The number of hydrogen-bond acceptors (Lipinski definition) is 8. The van der Waals surface area contributed by atoms with E-state index in [0.717, 1.165) is 11.5 Å². The number of halogens is 1. The third-order valence-electron chi connectivity index (χ3n) is 2.02. The van der Waals surface area contributed by atoms with Crippen molar-refractivity contribution >= 4 is 34.1 Å². The Morgan fingerprint density at radius 3 is 2.94 bits per heavy atom. The van der Waals surface area contributed by atoms with E-state index in [9.17, 15) is 0 Å². The molecule has 7 nitrogen and oxygen atoms in total. The molecule has 0 atom stereocenters. The van der Waals surface area contributed by atoms with Crippen molar-refractivity contribution in [2.75, 3.05) is 24.3 Å². The van der Waals surface area contributed by atoms with E-state index < -0.39 is 0 Å². The predicted octanol–water partition coefficient (Wildman–Crippen LogP) is 1.73. The van der Waals surface area contributed by atoms with E-state index in [1.807, 2.05) is 20.2 Å². The second-order valence-electron chi connectivity index (χ2n) is 3.53. The molecule has 0 aliphatic heterocycles. The number of nitrogens with one attached hydrogen (secondary N) is 1. The molecule has 1 N–H and O–H groups in total. The topological polar surface area (TPSA) is 90.9 Å². The van der Waals surface area contributed by atoms with E-state index in [4.69, 9.17) is 21.4 Å². The third-order valence-corrected chi connectivity index (χ3v) is 3.20. The maximum absolute atomic E-state index is 8.90. The van der Waals surface area contributed by atoms with Crippen LogP contribution in [-0.2, 0) is 6.54 Å². The highest BCUT2D eigenvalue weighted by molar-refractivity contribution is 7.10. The average Bonchev–Trinajstić information content (AvgIpc) is 2.93. The lowest BCUT2D eigenvalue weighted by Crippen LogP contribution is -2.10. The van der Waals surface area contributed by atoms with E-state index in [2.05, 4.69) is 19.8 Å². The summed E-state index contributed by atoms with van der Waals surface area (Å²) < 4.78 is 8.91. The van der Waals surface area contributed by atoms with Crippen molar-refractivity contribution in [2.24, 2.45) is 0 Å². The summed E-state index contributed by atoms with van der Waals surface area (Å²) in [4.78, 5) is 5.87. The van der Waals surface area contributed by atoms with Crippen LogP contribution < -0.4 is 10.2 Å². The number of nitrogens with zero attached hydrogens (tertiary/aromatic N) is 5. The zero-order valence-corrected chi connectivity index (χ0v) is 11.2. The highest BCUT2D eigenvalue weighted by atomic mass is 35.5. The maximum Gasteiger partial charge on any atom is 0.265 e. The van der Waals surface area contributed by atoms with E-state index in [1.54, 1.807) is 4.90 Å². The highest BCUT2D eigenvalue weighted by Gasteiger charge is 2.13. The van der Waals surface area contributed by atoms with Gasteiger partial charge in [0.05, 0.1) is 6.54 Å². The Morgan fingerprint density at radius 1 is 1.56 bits per heavy atom. The Kier molecular flexibility index (Phi) is 3.64. The van der Waals surface area contributed by atoms with Crippen LogP contribution in [0.1, 0.15) is 11.5 Å². The van der Waals surface area contributed by atoms with Crippen LogP contribution in [0.4, 0.5) is 10.9 Å². The monoisotopic (exact) mass is 284 g/mol. The van der Waals surface area contributed by atoms with Gasteiger partial charge < -0.3 is 14.7 Å². The molecule has 0 bridgehead atoms. The van der Waals surface area contributed by atoms with Gasteiger partial charge in [0.15, 0.2) is 5.15 Å². The molecule has 0 aliphatic rings. The molecule has 0 amide bonds. The van der Waals surface area contributed by atoms with Gasteiger partial charge in [-0.25, -0.2) is 0 Å². The van der Waals surface area contributed by atoms with E-state index in [1.165, 1.54) is 0 Å². The van der Waals surface area contributed by atoms with E-state index >= 15 is 0 Å². The van der Waals surface area contributed by atoms with Crippen LogP contribution in [0.5, 0.6) is 0 Å². The van der Waals surface area contributed by atoms with Crippen molar-refractivity contribution in [2.45, 2.75) is 6.54 Å². The van der Waals surface area contributed by atoms with Crippen molar-refractivity contribution in [3.8, 4) is 6.07 Å². The molecule has 94 valence electrons. The lowest BCUT2D eigenvalue weighted by molar-refractivity contribution is 0.383. The first kappa shape index (κ1) is 12.6. The summed E-state index contributed by atoms with van der Waals surface area (Å²) in [5.74, 6) is 0.918. The molecule has 18 heavy (non-hydrogen) atoms. The number of hydrogen-bond donors (Lipinski definition) is 1. The number of rotatable bonds is 4. The summed E-state index contributed by atoms with van der Waals surface area (Å²) in [6, 6.07) is 1.98. The maximum atomic E-state index is 8.90. The van der Waals surface area contributed by atoms with Crippen LogP contribution >= 0.6 is 23.1 Å². The molecule has 2 aromatic heterocycles. The molecule has 0 aliphatic carbocycles. The van der Waals surface area contributed by atoms with Gasteiger partial charge in [-0.2, -0.15) is 14.6 Å². The van der Waals surface area contributed by atoms with Gasteiger partial charge in [-0.3, -0.25) is 0 Å². The van der Waals surface area contributed by atoms with Gasteiger partial charge in [0, 0.05) is 14.1 Å². The summed E-state index contributed by atoms with van der Waals surface area (Å²) in [7, 11) is 3.64. The van der Waals surface area contributed by atoms with Crippen LogP contribution in [-0.4, -0.2) is 28.6 Å². The van der Waals surface area contributed by atoms with E-state index in [0.29, 0.717) is 28.9 Å². The second-order valence-corrected chi connectivity index (χ2v) is 4.66. The summed E-state index contributed by atoms with van der Waals surface area (Å²) in [6.07, 6.45) is 0. The Hall–Kier alpha value is -1.85. The minimum atomic E-state index is 0.199. The van der Waals surface area contributed by atoms with Crippen molar-refractivity contribution in [3.63, 3.8) is 0 Å². The van der Waals surface area contributed by atoms with Gasteiger partial charge in [-0.1, -0.05) is 11.6 Å². The number of nitriles is 1. The molecule has 0 radical (unpaired) electrons. The largest absolute Gasteiger partial charge is 0.365 e. The number of aromatic nitrogens is 3. The van der Waals surface area contributed by atoms with Gasteiger partial charge in [-0.15, -0.1) is 0 Å². The van der Waals surface area contributed by atoms with Gasteiger partial charge >= 0.3 is 0 Å². The van der Waals surface area contributed by atoms with Crippen molar-refractivity contribution < 1.29 is 4.52 Å². The van der Waals surface area contributed by atoms with Crippen LogP contribution in [0.15, 0.2) is 4.52 Å². The highest BCUT2D eigenvalue weighted by Crippen LogP contribution is 2.27. The van der Waals surface area contributed by atoms with Crippen molar-refractivity contribution in [3.05, 3.63) is 16.6 Å². The van der Waals surface area contributed by atoms with Gasteiger partial charge in [0.1, 0.15) is 16.6 Å². The molecule has 2 rings (SSSR count). The van der Waals surface area contributed by atoms with Crippen LogP contribution in [0.25, 0.3) is 0 Å². The predicted molar refractivity (Wildman–Crippen MR) is 67.8 cm³/mol. The Bertz CT molecular complexity index is 586. The van der Waals surface area contributed by atoms with Gasteiger partial charge in [-0.05, 0) is 16.7 Å². The fraction of sp³-hybridized carbons (Fsp3) is 0.333. The lowest BCUT2D eigenvalue weighted by Gasteiger charge is -2.02. The Labute approximate surface area is 112 Å². The lowest BCUT2D eigenvalue weighted by atomic mass is 10.4. The summed E-state index contributed by atoms with van der Waals surface area (Å²) >= 11 is 6.87. The first-order chi connectivity index (χ1) is 8.61. The van der Waals surface area contributed by atoms with E-state index in [-0.39, 0.29) is 5.15 Å². The molecule has 0 aromatic carbocycles.